The second-order valence-electron chi connectivity index (χ2n) is 6.69. The molecule has 4 rings (SSSR count). The molecule has 0 bridgehead atoms. The predicted molar refractivity (Wildman–Crippen MR) is 98.0 cm³/mol. The first-order valence-corrected chi connectivity index (χ1v) is 9.01. The van der Waals surface area contributed by atoms with E-state index in [1.54, 1.807) is 7.11 Å². The average molecular weight is 371 g/mol. The Labute approximate surface area is 156 Å². The molecule has 0 aliphatic carbocycles. The van der Waals surface area contributed by atoms with Gasteiger partial charge in [-0.1, -0.05) is 0 Å². The maximum atomic E-state index is 12.3. The lowest BCUT2D eigenvalue weighted by Crippen LogP contribution is -2.22. The number of nitrogens with zero attached hydrogens (tertiary/aromatic N) is 1. The number of fused-ring (bicyclic) bond motifs is 5. The molecule has 2 aliphatic heterocycles. The summed E-state index contributed by atoms with van der Waals surface area (Å²) in [5.41, 5.74) is 3.18. The summed E-state index contributed by atoms with van der Waals surface area (Å²) < 4.78 is 18.7. The molecule has 2 aliphatic rings. The van der Waals surface area contributed by atoms with Crippen LogP contribution in [0.1, 0.15) is 27.9 Å². The molecule has 0 amide bonds. The van der Waals surface area contributed by atoms with Crippen LogP contribution in [-0.4, -0.2) is 42.6 Å². The molecule has 142 valence electrons. The first kappa shape index (κ1) is 17.6. The molecule has 7 heteroatoms. The quantitative estimate of drug-likeness (QED) is 0.783. The number of methoxy groups -OCH3 is 1. The Kier molecular flexibility index (Phi) is 4.61. The summed E-state index contributed by atoms with van der Waals surface area (Å²) in [4.78, 5) is 23.5. The van der Waals surface area contributed by atoms with Gasteiger partial charge in [0.15, 0.2) is 16.9 Å². The number of aromatic carboxylic acids is 1. The largest absolute Gasteiger partial charge is 0.490 e. The van der Waals surface area contributed by atoms with Crippen molar-refractivity contribution in [2.45, 2.75) is 25.8 Å². The molecule has 0 saturated carbocycles. The molecular weight excluding hydrogens is 350 g/mol. The topological polar surface area (TPSA) is 87.0 Å². The third-order valence-electron chi connectivity index (χ3n) is 5.01. The number of rotatable bonds is 6. The molecule has 0 saturated heterocycles. The summed E-state index contributed by atoms with van der Waals surface area (Å²) in [5, 5.41) is 9.22. The van der Waals surface area contributed by atoms with E-state index >= 15 is 0 Å². The fraction of sp³-hybridized carbons (Fsp3) is 0.400. The molecule has 27 heavy (non-hydrogen) atoms. The van der Waals surface area contributed by atoms with E-state index in [1.807, 2.05) is 10.6 Å². The number of hydrogen-bond donors (Lipinski definition) is 1. The SMILES string of the molecule is COCCCOc1cc2c(c3c1OCC3)-c1cc(=O)c(C(=O)O)cn1CC2. The summed E-state index contributed by atoms with van der Waals surface area (Å²) >= 11 is 0. The minimum absolute atomic E-state index is 0.201. The summed E-state index contributed by atoms with van der Waals surface area (Å²) in [5.74, 6) is 0.263. The van der Waals surface area contributed by atoms with Crippen molar-refractivity contribution in [3.63, 3.8) is 0 Å². The molecule has 1 N–H and O–H groups in total. The minimum Gasteiger partial charge on any atom is -0.490 e. The number of carbonyl (C=O) groups is 1. The van der Waals surface area contributed by atoms with Crippen LogP contribution < -0.4 is 14.9 Å². The van der Waals surface area contributed by atoms with E-state index in [-0.39, 0.29) is 5.56 Å². The van der Waals surface area contributed by atoms with Gasteiger partial charge >= 0.3 is 5.97 Å². The normalized spacial score (nSPS) is 14.1. The number of carboxylic acids is 1. The fourth-order valence-corrected chi connectivity index (χ4v) is 3.79. The van der Waals surface area contributed by atoms with Gasteiger partial charge in [-0.05, 0) is 18.1 Å². The number of carboxylic acid groups (broad SMARTS) is 1. The lowest BCUT2D eigenvalue weighted by molar-refractivity contribution is 0.0694. The van der Waals surface area contributed by atoms with Crippen LogP contribution in [0.15, 0.2) is 23.1 Å². The number of aryl methyl sites for hydroxylation is 2. The van der Waals surface area contributed by atoms with Crippen molar-refractivity contribution >= 4 is 5.97 Å². The Morgan fingerprint density at radius 2 is 2.15 bits per heavy atom. The van der Waals surface area contributed by atoms with Gasteiger partial charge in [0.25, 0.3) is 0 Å². The van der Waals surface area contributed by atoms with Crippen molar-refractivity contribution in [1.29, 1.82) is 0 Å². The molecule has 3 heterocycles. The van der Waals surface area contributed by atoms with Crippen LogP contribution in [0.5, 0.6) is 11.5 Å². The molecule has 0 radical (unpaired) electrons. The molecule has 7 nitrogen and oxygen atoms in total. The number of benzene rings is 1. The fourth-order valence-electron chi connectivity index (χ4n) is 3.79. The third kappa shape index (κ3) is 3.08. The van der Waals surface area contributed by atoms with Crippen LogP contribution in [0.3, 0.4) is 0 Å². The van der Waals surface area contributed by atoms with Crippen LogP contribution in [0, 0.1) is 0 Å². The molecule has 0 atom stereocenters. The van der Waals surface area contributed by atoms with Gasteiger partial charge in [0.1, 0.15) is 5.56 Å². The maximum Gasteiger partial charge on any atom is 0.341 e. The van der Waals surface area contributed by atoms with Gasteiger partial charge in [0.05, 0.1) is 18.9 Å². The van der Waals surface area contributed by atoms with Crippen molar-refractivity contribution in [1.82, 2.24) is 4.57 Å². The van der Waals surface area contributed by atoms with Crippen LogP contribution in [0.4, 0.5) is 0 Å². The van der Waals surface area contributed by atoms with E-state index in [1.165, 1.54) is 12.3 Å². The van der Waals surface area contributed by atoms with E-state index in [0.29, 0.717) is 26.4 Å². The zero-order valence-corrected chi connectivity index (χ0v) is 15.1. The Morgan fingerprint density at radius 3 is 2.93 bits per heavy atom. The molecule has 2 aromatic rings. The summed E-state index contributed by atoms with van der Waals surface area (Å²) in [6, 6.07) is 3.42. The summed E-state index contributed by atoms with van der Waals surface area (Å²) in [6.07, 6.45) is 3.71. The van der Waals surface area contributed by atoms with E-state index < -0.39 is 11.4 Å². The molecule has 1 aromatic heterocycles. The lowest BCUT2D eigenvalue weighted by Gasteiger charge is -2.25. The predicted octanol–water partition coefficient (Wildman–Crippen LogP) is 2.12. The Bertz CT molecular complexity index is 962. The number of ether oxygens (including phenoxy) is 3. The first-order chi connectivity index (χ1) is 13.1. The van der Waals surface area contributed by atoms with E-state index in [0.717, 1.165) is 53.1 Å². The zero-order chi connectivity index (χ0) is 19.0. The highest BCUT2D eigenvalue weighted by Gasteiger charge is 2.29. The van der Waals surface area contributed by atoms with Gasteiger partial charge in [-0.25, -0.2) is 4.79 Å². The molecule has 0 unspecified atom stereocenters. The van der Waals surface area contributed by atoms with Crippen LogP contribution in [-0.2, 0) is 24.1 Å². The highest BCUT2D eigenvalue weighted by molar-refractivity contribution is 5.88. The molecule has 0 fully saturated rings. The molecular formula is C20H21NO6. The summed E-state index contributed by atoms with van der Waals surface area (Å²) in [6.45, 7) is 2.36. The van der Waals surface area contributed by atoms with Gasteiger partial charge in [-0.15, -0.1) is 0 Å². The third-order valence-corrected chi connectivity index (χ3v) is 5.01. The maximum absolute atomic E-state index is 12.3. The number of pyridine rings is 1. The van der Waals surface area contributed by atoms with Crippen LogP contribution in [0.2, 0.25) is 0 Å². The number of aromatic nitrogens is 1. The van der Waals surface area contributed by atoms with Crippen molar-refractivity contribution in [2.75, 3.05) is 26.9 Å². The van der Waals surface area contributed by atoms with Crippen molar-refractivity contribution in [3.05, 3.63) is 45.2 Å². The van der Waals surface area contributed by atoms with Gasteiger partial charge in [0, 0.05) is 56.5 Å². The Balaban J connectivity index is 1.78. The zero-order valence-electron chi connectivity index (χ0n) is 15.1. The lowest BCUT2D eigenvalue weighted by atomic mass is 9.90. The van der Waals surface area contributed by atoms with Crippen molar-refractivity contribution < 1.29 is 24.1 Å². The molecule has 0 spiro atoms. The highest BCUT2D eigenvalue weighted by Crippen LogP contribution is 2.45. The van der Waals surface area contributed by atoms with Crippen molar-refractivity contribution in [3.8, 4) is 22.8 Å². The van der Waals surface area contributed by atoms with E-state index in [4.69, 9.17) is 14.2 Å². The van der Waals surface area contributed by atoms with Gasteiger partial charge in [0.2, 0.25) is 0 Å². The van der Waals surface area contributed by atoms with Gasteiger partial charge in [-0.3, -0.25) is 4.79 Å². The summed E-state index contributed by atoms with van der Waals surface area (Å²) in [7, 11) is 1.66. The monoisotopic (exact) mass is 371 g/mol. The second kappa shape index (κ2) is 7.08. The van der Waals surface area contributed by atoms with Crippen molar-refractivity contribution in [2.24, 2.45) is 0 Å². The smallest absolute Gasteiger partial charge is 0.341 e. The van der Waals surface area contributed by atoms with E-state index in [9.17, 15) is 14.7 Å². The second-order valence-corrected chi connectivity index (χ2v) is 6.69. The average Bonchev–Trinajstić information content (AvgIpc) is 3.14. The Morgan fingerprint density at radius 1 is 1.30 bits per heavy atom. The molecule has 1 aromatic carbocycles. The van der Waals surface area contributed by atoms with E-state index in [2.05, 4.69) is 0 Å². The highest BCUT2D eigenvalue weighted by atomic mass is 16.5. The minimum atomic E-state index is -1.20. The number of hydrogen-bond acceptors (Lipinski definition) is 5. The van der Waals surface area contributed by atoms with Crippen LogP contribution >= 0.6 is 0 Å². The van der Waals surface area contributed by atoms with Crippen LogP contribution in [0.25, 0.3) is 11.3 Å². The van der Waals surface area contributed by atoms with Gasteiger partial charge < -0.3 is 23.9 Å². The Hall–Kier alpha value is -2.80. The van der Waals surface area contributed by atoms with Gasteiger partial charge in [-0.2, -0.15) is 0 Å². The first-order valence-electron chi connectivity index (χ1n) is 9.01. The standard InChI is InChI=1S/C20H21NO6/c1-25-6-2-7-26-17-9-12-3-5-21-11-14(20(23)24)16(22)10-15(21)18(12)13-4-8-27-19(13)17/h9-11H,2-8H2,1H3,(H,23,24).